The van der Waals surface area contributed by atoms with E-state index >= 15 is 0 Å². The van der Waals surface area contributed by atoms with Crippen molar-refractivity contribution in [1.29, 1.82) is 0 Å². The third kappa shape index (κ3) is 3.84. The number of halogens is 4. The molecule has 0 atom stereocenters. The zero-order chi connectivity index (χ0) is 14.0. The van der Waals surface area contributed by atoms with E-state index in [0.717, 1.165) is 4.47 Å². The second kappa shape index (κ2) is 5.38. The van der Waals surface area contributed by atoms with Gasteiger partial charge in [-0.2, -0.15) is 13.2 Å². The summed E-state index contributed by atoms with van der Waals surface area (Å²) in [6.07, 6.45) is -4.17. The average molecular weight is 339 g/mol. The van der Waals surface area contributed by atoms with Crippen molar-refractivity contribution in [3.63, 3.8) is 0 Å². The van der Waals surface area contributed by atoms with Gasteiger partial charge in [-0.05, 0) is 12.1 Å². The molecular weight excluding hydrogens is 329 g/mol. The van der Waals surface area contributed by atoms with E-state index in [1.807, 2.05) is 0 Å². The number of oxazole rings is 1. The number of ether oxygens (including phenoxy) is 1. The van der Waals surface area contributed by atoms with E-state index in [2.05, 4.69) is 25.7 Å². The standard InChI is InChI=1S/C11H10BrF3N2O2/c12-6-3-7(16)10-8(4-6)17-9(19-10)1-2-18-5-11(13,14)15/h3-4H,1-2,5,16H2. The van der Waals surface area contributed by atoms with Crippen LogP contribution in [0.4, 0.5) is 18.9 Å². The van der Waals surface area contributed by atoms with Crippen molar-refractivity contribution in [2.75, 3.05) is 18.9 Å². The van der Waals surface area contributed by atoms with Gasteiger partial charge in [0.15, 0.2) is 11.5 Å². The zero-order valence-electron chi connectivity index (χ0n) is 9.63. The van der Waals surface area contributed by atoms with Crippen molar-refractivity contribution < 1.29 is 22.3 Å². The van der Waals surface area contributed by atoms with Crippen LogP contribution in [0.2, 0.25) is 0 Å². The maximum absolute atomic E-state index is 11.9. The molecule has 1 aromatic heterocycles. The molecule has 4 nitrogen and oxygen atoms in total. The molecule has 0 amide bonds. The fourth-order valence-corrected chi connectivity index (χ4v) is 1.99. The highest BCUT2D eigenvalue weighted by Gasteiger charge is 2.27. The molecule has 19 heavy (non-hydrogen) atoms. The van der Waals surface area contributed by atoms with E-state index in [-0.39, 0.29) is 13.0 Å². The first-order chi connectivity index (χ1) is 8.85. The molecule has 8 heteroatoms. The lowest BCUT2D eigenvalue weighted by Gasteiger charge is -2.05. The van der Waals surface area contributed by atoms with Gasteiger partial charge in [0.05, 0.1) is 12.3 Å². The lowest BCUT2D eigenvalue weighted by Crippen LogP contribution is -2.17. The van der Waals surface area contributed by atoms with Crippen LogP contribution < -0.4 is 5.73 Å². The number of anilines is 1. The first-order valence-corrected chi connectivity index (χ1v) is 6.13. The van der Waals surface area contributed by atoms with E-state index in [1.54, 1.807) is 12.1 Å². The minimum atomic E-state index is -4.32. The Bertz CT molecular complexity index is 583. The van der Waals surface area contributed by atoms with Crippen molar-refractivity contribution in [2.45, 2.75) is 12.6 Å². The van der Waals surface area contributed by atoms with Gasteiger partial charge in [-0.1, -0.05) is 15.9 Å². The van der Waals surface area contributed by atoms with E-state index in [0.29, 0.717) is 22.7 Å². The van der Waals surface area contributed by atoms with Crippen LogP contribution >= 0.6 is 15.9 Å². The van der Waals surface area contributed by atoms with Crippen LogP contribution in [0.25, 0.3) is 11.1 Å². The Morgan fingerprint density at radius 3 is 2.79 bits per heavy atom. The molecule has 104 valence electrons. The molecule has 0 spiro atoms. The topological polar surface area (TPSA) is 61.3 Å². The lowest BCUT2D eigenvalue weighted by atomic mass is 10.3. The summed E-state index contributed by atoms with van der Waals surface area (Å²) < 4.78 is 46.2. The highest BCUT2D eigenvalue weighted by Crippen LogP contribution is 2.26. The number of nitrogens with zero attached hydrogens (tertiary/aromatic N) is 1. The van der Waals surface area contributed by atoms with Crippen LogP contribution in [0.1, 0.15) is 5.89 Å². The Balaban J connectivity index is 2.00. The van der Waals surface area contributed by atoms with Gasteiger partial charge in [0, 0.05) is 10.9 Å². The second-order valence-electron chi connectivity index (χ2n) is 3.87. The molecule has 1 aromatic carbocycles. The van der Waals surface area contributed by atoms with E-state index in [1.165, 1.54) is 0 Å². The summed E-state index contributed by atoms with van der Waals surface area (Å²) in [6.45, 7) is -1.39. The third-order valence-electron chi connectivity index (χ3n) is 2.25. The average Bonchev–Trinajstić information content (AvgIpc) is 2.66. The number of hydrogen-bond donors (Lipinski definition) is 1. The maximum atomic E-state index is 11.9. The van der Waals surface area contributed by atoms with Gasteiger partial charge >= 0.3 is 6.18 Å². The van der Waals surface area contributed by atoms with E-state index in [4.69, 9.17) is 10.2 Å². The van der Waals surface area contributed by atoms with Crippen LogP contribution in [0.15, 0.2) is 21.0 Å². The Labute approximate surface area is 114 Å². The third-order valence-corrected chi connectivity index (χ3v) is 2.71. The highest BCUT2D eigenvalue weighted by atomic mass is 79.9. The SMILES string of the molecule is Nc1cc(Br)cc2nc(CCOCC(F)(F)F)oc12. The number of aromatic nitrogens is 1. The Hall–Kier alpha value is -1.28. The predicted molar refractivity (Wildman–Crippen MR) is 66.7 cm³/mol. The van der Waals surface area contributed by atoms with E-state index < -0.39 is 12.8 Å². The van der Waals surface area contributed by atoms with Crippen molar-refractivity contribution in [1.82, 2.24) is 4.98 Å². The molecule has 0 fully saturated rings. The number of hydrogen-bond acceptors (Lipinski definition) is 4. The van der Waals surface area contributed by atoms with Crippen LogP contribution in [0.5, 0.6) is 0 Å². The molecule has 1 heterocycles. The number of nitrogen functional groups attached to an aromatic ring is 1. The highest BCUT2D eigenvalue weighted by molar-refractivity contribution is 9.10. The quantitative estimate of drug-likeness (QED) is 0.686. The summed E-state index contributed by atoms with van der Waals surface area (Å²) in [4.78, 5) is 4.13. The van der Waals surface area contributed by atoms with Gasteiger partial charge in [0.25, 0.3) is 0 Å². The molecule has 2 aromatic rings. The Kier molecular flexibility index (Phi) is 4.00. The number of benzene rings is 1. The minimum absolute atomic E-state index is 0.118. The van der Waals surface area contributed by atoms with Gasteiger partial charge in [0.2, 0.25) is 0 Å². The lowest BCUT2D eigenvalue weighted by molar-refractivity contribution is -0.173. The first-order valence-electron chi connectivity index (χ1n) is 5.34. The molecule has 0 aliphatic carbocycles. The molecule has 0 saturated heterocycles. The number of fused-ring (bicyclic) bond motifs is 1. The summed E-state index contributed by atoms with van der Waals surface area (Å²) in [5.41, 5.74) is 7.13. The van der Waals surface area contributed by atoms with Crippen LogP contribution in [0, 0.1) is 0 Å². The predicted octanol–water partition coefficient (Wildman–Crippen LogP) is 3.29. The summed E-state index contributed by atoms with van der Waals surface area (Å²) in [6, 6.07) is 3.38. The largest absolute Gasteiger partial charge is 0.438 e. The van der Waals surface area contributed by atoms with Crippen LogP contribution in [-0.4, -0.2) is 24.4 Å². The van der Waals surface area contributed by atoms with Crippen LogP contribution in [-0.2, 0) is 11.2 Å². The molecule has 2 rings (SSSR count). The summed E-state index contributed by atoms with van der Waals surface area (Å²) in [5.74, 6) is 0.293. The van der Waals surface area contributed by atoms with Gasteiger partial charge in [-0.15, -0.1) is 0 Å². The number of nitrogens with two attached hydrogens (primary N) is 1. The number of alkyl halides is 3. The van der Waals surface area contributed by atoms with Crippen molar-refractivity contribution in [3.8, 4) is 0 Å². The monoisotopic (exact) mass is 338 g/mol. The normalized spacial score (nSPS) is 12.2. The van der Waals surface area contributed by atoms with Gasteiger partial charge in [-0.25, -0.2) is 4.98 Å². The second-order valence-corrected chi connectivity index (χ2v) is 4.78. The molecule has 0 aliphatic rings. The number of rotatable bonds is 4. The molecular formula is C11H10BrF3N2O2. The fraction of sp³-hybridized carbons (Fsp3) is 0.364. The molecule has 0 aliphatic heterocycles. The molecule has 0 bridgehead atoms. The summed E-state index contributed by atoms with van der Waals surface area (Å²) >= 11 is 3.27. The van der Waals surface area contributed by atoms with Gasteiger partial charge in [-0.3, -0.25) is 0 Å². The van der Waals surface area contributed by atoms with E-state index in [9.17, 15) is 13.2 Å². The van der Waals surface area contributed by atoms with Crippen LogP contribution in [0.3, 0.4) is 0 Å². The molecule has 0 saturated carbocycles. The molecule has 2 N–H and O–H groups in total. The summed E-state index contributed by atoms with van der Waals surface area (Å²) in [5, 5.41) is 0. The first kappa shape index (κ1) is 14.1. The fourth-order valence-electron chi connectivity index (χ4n) is 1.52. The summed E-state index contributed by atoms with van der Waals surface area (Å²) in [7, 11) is 0. The molecule has 0 unspecified atom stereocenters. The maximum Gasteiger partial charge on any atom is 0.411 e. The minimum Gasteiger partial charge on any atom is -0.438 e. The molecule has 0 radical (unpaired) electrons. The zero-order valence-corrected chi connectivity index (χ0v) is 11.2. The van der Waals surface area contributed by atoms with Gasteiger partial charge < -0.3 is 14.9 Å². The van der Waals surface area contributed by atoms with Gasteiger partial charge in [0.1, 0.15) is 12.1 Å². The Morgan fingerprint density at radius 1 is 1.37 bits per heavy atom. The smallest absolute Gasteiger partial charge is 0.411 e. The van der Waals surface area contributed by atoms with Crippen molar-refractivity contribution >= 4 is 32.7 Å². The van der Waals surface area contributed by atoms with Crippen molar-refractivity contribution in [2.24, 2.45) is 0 Å². The van der Waals surface area contributed by atoms with Crippen molar-refractivity contribution in [3.05, 3.63) is 22.5 Å². The Morgan fingerprint density at radius 2 is 2.11 bits per heavy atom.